The third kappa shape index (κ3) is 2.72. The Labute approximate surface area is 78.1 Å². The van der Waals surface area contributed by atoms with Crippen LogP contribution < -0.4 is 5.73 Å². The first-order valence-corrected chi connectivity index (χ1v) is 3.91. The van der Waals surface area contributed by atoms with Crippen LogP contribution in [0, 0.1) is 11.8 Å². The Morgan fingerprint density at radius 2 is 2.42 bits per heavy atom. The second-order valence-electron chi connectivity index (χ2n) is 1.98. The molecule has 0 unspecified atom stereocenters. The lowest BCUT2D eigenvalue weighted by Gasteiger charge is -1.88. The van der Waals surface area contributed by atoms with E-state index in [1.165, 1.54) is 0 Å². The van der Waals surface area contributed by atoms with Crippen LogP contribution in [0.3, 0.4) is 0 Å². The van der Waals surface area contributed by atoms with Crippen molar-refractivity contribution in [3.63, 3.8) is 0 Å². The molecule has 1 aromatic rings. The minimum Gasteiger partial charge on any atom is -0.359 e. The Morgan fingerprint density at radius 3 is 3.00 bits per heavy atom. The van der Waals surface area contributed by atoms with Gasteiger partial charge in [0.1, 0.15) is 4.60 Å². The van der Waals surface area contributed by atoms with Crippen LogP contribution in [0.1, 0.15) is 5.56 Å². The van der Waals surface area contributed by atoms with E-state index >= 15 is 0 Å². The van der Waals surface area contributed by atoms with E-state index in [-0.39, 0.29) is 0 Å². The first-order valence-electron chi connectivity index (χ1n) is 3.11. The minimum absolute atomic E-state index is 0.636. The highest BCUT2D eigenvalue weighted by Gasteiger charge is 1.89. The van der Waals surface area contributed by atoms with Gasteiger partial charge >= 0.3 is 0 Å². The third-order valence-electron chi connectivity index (χ3n) is 1.06. The van der Waals surface area contributed by atoms with Gasteiger partial charge in [0.2, 0.25) is 0 Å². The fourth-order valence-corrected chi connectivity index (χ4v) is 0.979. The molecule has 0 radical (unpaired) electrons. The minimum atomic E-state index is -0.636. The topological polar surface area (TPSA) is 56.0 Å². The van der Waals surface area contributed by atoms with Crippen LogP contribution in [-0.2, 0) is 4.79 Å². The Balaban J connectivity index is 2.92. The first-order chi connectivity index (χ1) is 5.68. The van der Waals surface area contributed by atoms with Gasteiger partial charge in [0.25, 0.3) is 5.91 Å². The zero-order valence-electron chi connectivity index (χ0n) is 6.04. The Kier molecular flexibility index (Phi) is 2.83. The van der Waals surface area contributed by atoms with Gasteiger partial charge in [-0.25, -0.2) is 4.98 Å². The summed E-state index contributed by atoms with van der Waals surface area (Å²) in [4.78, 5) is 14.2. The first kappa shape index (κ1) is 8.75. The molecule has 0 saturated heterocycles. The standard InChI is InChI=1S/C8H5BrN2O/c9-7-5-6(3-4-11-7)1-2-8(10)12/h3-5H,(H2,10,12). The Bertz CT molecular complexity index is 365. The van der Waals surface area contributed by atoms with Crippen LogP contribution in [0.2, 0.25) is 0 Å². The number of hydrogen-bond acceptors (Lipinski definition) is 2. The molecule has 0 aliphatic heterocycles. The average molecular weight is 225 g/mol. The monoisotopic (exact) mass is 224 g/mol. The molecule has 0 atom stereocenters. The number of carbonyl (C=O) groups is 1. The van der Waals surface area contributed by atoms with Crippen LogP contribution in [0.25, 0.3) is 0 Å². The van der Waals surface area contributed by atoms with Crippen molar-refractivity contribution in [1.29, 1.82) is 0 Å². The maximum atomic E-state index is 10.3. The van der Waals surface area contributed by atoms with Crippen LogP contribution in [-0.4, -0.2) is 10.9 Å². The number of hydrogen-bond donors (Lipinski definition) is 1. The summed E-state index contributed by atoms with van der Waals surface area (Å²) in [5.41, 5.74) is 5.54. The Morgan fingerprint density at radius 1 is 1.67 bits per heavy atom. The summed E-state index contributed by atoms with van der Waals surface area (Å²) in [6, 6.07) is 3.40. The van der Waals surface area contributed by atoms with Gasteiger partial charge in [-0.1, -0.05) is 5.92 Å². The van der Waals surface area contributed by atoms with Gasteiger partial charge in [-0.3, -0.25) is 4.79 Å². The van der Waals surface area contributed by atoms with Crippen LogP contribution >= 0.6 is 15.9 Å². The van der Waals surface area contributed by atoms with E-state index in [9.17, 15) is 4.79 Å². The molecule has 3 nitrogen and oxygen atoms in total. The number of nitrogens with zero attached hydrogens (tertiary/aromatic N) is 1. The molecule has 60 valence electrons. The molecule has 4 heteroatoms. The van der Waals surface area contributed by atoms with E-state index in [2.05, 4.69) is 32.8 Å². The summed E-state index contributed by atoms with van der Waals surface area (Å²) in [6.07, 6.45) is 1.59. The predicted molar refractivity (Wildman–Crippen MR) is 48.0 cm³/mol. The number of halogens is 1. The third-order valence-corrected chi connectivity index (χ3v) is 1.49. The summed E-state index contributed by atoms with van der Waals surface area (Å²) in [5, 5.41) is 0. The smallest absolute Gasteiger partial charge is 0.293 e. The fourth-order valence-electron chi connectivity index (χ4n) is 0.614. The maximum absolute atomic E-state index is 10.3. The molecule has 12 heavy (non-hydrogen) atoms. The number of aromatic nitrogens is 1. The highest BCUT2D eigenvalue weighted by Crippen LogP contribution is 2.06. The van der Waals surface area contributed by atoms with Gasteiger partial charge in [0.05, 0.1) is 0 Å². The summed E-state index contributed by atoms with van der Waals surface area (Å²) >= 11 is 3.17. The second kappa shape index (κ2) is 3.88. The molecule has 0 saturated carbocycles. The molecule has 0 aliphatic rings. The lowest BCUT2D eigenvalue weighted by molar-refractivity contribution is -0.112. The number of primary amides is 1. The molecule has 0 aliphatic carbocycles. The molecule has 0 aromatic carbocycles. The van der Waals surface area contributed by atoms with Crippen molar-refractivity contribution in [2.24, 2.45) is 5.73 Å². The molecule has 1 rings (SSSR count). The van der Waals surface area contributed by atoms with Crippen molar-refractivity contribution in [2.45, 2.75) is 0 Å². The molecule has 0 bridgehead atoms. The molecule has 1 heterocycles. The maximum Gasteiger partial charge on any atom is 0.293 e. The number of nitrogens with two attached hydrogens (primary N) is 1. The van der Waals surface area contributed by atoms with E-state index in [0.717, 1.165) is 0 Å². The van der Waals surface area contributed by atoms with Gasteiger partial charge in [-0.2, -0.15) is 0 Å². The summed E-state index contributed by atoms with van der Waals surface area (Å²) < 4.78 is 0.679. The molecule has 2 N–H and O–H groups in total. The molecule has 0 fully saturated rings. The quantitative estimate of drug-likeness (QED) is 0.521. The highest BCUT2D eigenvalue weighted by atomic mass is 79.9. The van der Waals surface area contributed by atoms with Crippen molar-refractivity contribution in [3.8, 4) is 11.8 Å². The largest absolute Gasteiger partial charge is 0.359 e. The summed E-state index contributed by atoms with van der Waals surface area (Å²) in [5.74, 6) is 4.18. The number of pyridine rings is 1. The number of amides is 1. The van der Waals surface area contributed by atoms with Gasteiger partial charge in [-0.05, 0) is 34.0 Å². The number of rotatable bonds is 0. The molecular weight excluding hydrogens is 220 g/mol. The lowest BCUT2D eigenvalue weighted by atomic mass is 10.3. The second-order valence-corrected chi connectivity index (χ2v) is 2.79. The van der Waals surface area contributed by atoms with Crippen molar-refractivity contribution in [3.05, 3.63) is 28.5 Å². The Hall–Kier alpha value is -1.34. The highest BCUT2D eigenvalue weighted by molar-refractivity contribution is 9.10. The van der Waals surface area contributed by atoms with Crippen LogP contribution in [0.5, 0.6) is 0 Å². The number of carbonyl (C=O) groups excluding carboxylic acids is 1. The van der Waals surface area contributed by atoms with Crippen molar-refractivity contribution >= 4 is 21.8 Å². The van der Waals surface area contributed by atoms with E-state index < -0.39 is 5.91 Å². The molecular formula is C8H5BrN2O. The van der Waals surface area contributed by atoms with E-state index in [1.54, 1.807) is 18.3 Å². The summed E-state index contributed by atoms with van der Waals surface area (Å²) in [6.45, 7) is 0. The van der Waals surface area contributed by atoms with E-state index in [1.807, 2.05) is 0 Å². The van der Waals surface area contributed by atoms with Gasteiger partial charge in [-0.15, -0.1) is 0 Å². The normalized spacial score (nSPS) is 8.42. The SMILES string of the molecule is NC(=O)C#Cc1ccnc(Br)c1. The lowest BCUT2D eigenvalue weighted by Crippen LogP contribution is -2.06. The zero-order valence-corrected chi connectivity index (χ0v) is 7.63. The van der Waals surface area contributed by atoms with E-state index in [4.69, 9.17) is 5.73 Å². The van der Waals surface area contributed by atoms with Crippen molar-refractivity contribution in [2.75, 3.05) is 0 Å². The van der Waals surface area contributed by atoms with E-state index in [0.29, 0.717) is 10.2 Å². The molecule has 1 amide bonds. The predicted octanol–water partition coefficient (Wildman–Crippen LogP) is 0.681. The molecule has 0 spiro atoms. The molecule has 1 aromatic heterocycles. The van der Waals surface area contributed by atoms with Gasteiger partial charge < -0.3 is 5.73 Å². The van der Waals surface area contributed by atoms with Crippen molar-refractivity contribution < 1.29 is 4.79 Å². The van der Waals surface area contributed by atoms with Crippen molar-refractivity contribution in [1.82, 2.24) is 4.98 Å². The van der Waals surface area contributed by atoms with Gasteiger partial charge in [0, 0.05) is 11.8 Å². The van der Waals surface area contributed by atoms with Crippen LogP contribution in [0.15, 0.2) is 22.9 Å². The van der Waals surface area contributed by atoms with Gasteiger partial charge in [0.15, 0.2) is 0 Å². The summed E-state index contributed by atoms with van der Waals surface area (Å²) in [7, 11) is 0. The van der Waals surface area contributed by atoms with Crippen LogP contribution in [0.4, 0.5) is 0 Å². The fraction of sp³-hybridized carbons (Fsp3) is 0. The zero-order chi connectivity index (χ0) is 8.97. The average Bonchev–Trinajstić information content (AvgIpc) is 2.01.